The quantitative estimate of drug-likeness (QED) is 0.815. The fourth-order valence-electron chi connectivity index (χ4n) is 3.67. The first-order valence-corrected chi connectivity index (χ1v) is 8.41. The average Bonchev–Trinajstić information content (AvgIpc) is 2.90. The van der Waals surface area contributed by atoms with Crippen molar-refractivity contribution in [3.05, 3.63) is 71.3 Å². The minimum Gasteiger partial charge on any atom is -0.287 e. The van der Waals surface area contributed by atoms with Crippen LogP contribution in [-0.2, 0) is 29.1 Å². The Kier molecular flexibility index (Phi) is 3.90. The number of fused-ring (bicyclic) bond motifs is 1. The minimum atomic E-state index is -0.311. The maximum Gasteiger partial charge on any atom is 0.247 e. The molecule has 0 aliphatic carbocycles. The summed E-state index contributed by atoms with van der Waals surface area (Å²) in [4.78, 5) is 28.7. The van der Waals surface area contributed by atoms with Gasteiger partial charge < -0.3 is 0 Å². The van der Waals surface area contributed by atoms with Crippen LogP contribution in [0.3, 0.4) is 0 Å². The Morgan fingerprint density at radius 3 is 2.42 bits per heavy atom. The molecular formula is C20H20N2O2. The highest BCUT2D eigenvalue weighted by atomic mass is 16.2. The third-order valence-corrected chi connectivity index (χ3v) is 5.00. The summed E-state index contributed by atoms with van der Waals surface area (Å²) in [7, 11) is 0. The zero-order valence-corrected chi connectivity index (χ0v) is 13.5. The third-order valence-electron chi connectivity index (χ3n) is 5.00. The van der Waals surface area contributed by atoms with Gasteiger partial charge in [-0.2, -0.15) is 0 Å². The first kappa shape index (κ1) is 15.1. The standard InChI is InChI=1S/C20H20N2O2/c23-19-12-18(20(24)22(19)13-15-6-2-1-3-7-15)21-11-10-16-8-4-5-9-17(16)14-21/h1-9,18H,10-14H2/t18-/m0/s1. The van der Waals surface area contributed by atoms with E-state index in [-0.39, 0.29) is 17.9 Å². The van der Waals surface area contributed by atoms with Crippen molar-refractivity contribution < 1.29 is 9.59 Å². The molecule has 0 bridgehead atoms. The first-order chi connectivity index (χ1) is 11.7. The summed E-state index contributed by atoms with van der Waals surface area (Å²) in [5.74, 6) is -0.115. The number of hydrogen-bond donors (Lipinski definition) is 0. The molecule has 0 radical (unpaired) electrons. The van der Waals surface area contributed by atoms with Crippen molar-refractivity contribution in [3.8, 4) is 0 Å². The molecule has 4 nitrogen and oxygen atoms in total. The van der Waals surface area contributed by atoms with Crippen LogP contribution in [0.5, 0.6) is 0 Å². The Balaban J connectivity index is 1.50. The maximum atomic E-state index is 12.8. The summed E-state index contributed by atoms with van der Waals surface area (Å²) >= 11 is 0. The normalized spacial score (nSPS) is 21.2. The largest absolute Gasteiger partial charge is 0.287 e. The van der Waals surface area contributed by atoms with Gasteiger partial charge >= 0.3 is 0 Å². The van der Waals surface area contributed by atoms with E-state index in [9.17, 15) is 9.59 Å². The lowest BCUT2D eigenvalue weighted by atomic mass is 9.98. The highest BCUT2D eigenvalue weighted by molar-refractivity contribution is 6.05. The fraction of sp³-hybridized carbons (Fsp3) is 0.300. The highest BCUT2D eigenvalue weighted by Crippen LogP contribution is 2.26. The van der Waals surface area contributed by atoms with Crippen molar-refractivity contribution in [3.63, 3.8) is 0 Å². The molecule has 1 fully saturated rings. The summed E-state index contributed by atoms with van der Waals surface area (Å²) in [5, 5.41) is 0. The van der Waals surface area contributed by atoms with Crippen LogP contribution in [0, 0.1) is 0 Å². The van der Waals surface area contributed by atoms with Gasteiger partial charge in [0.15, 0.2) is 0 Å². The second kappa shape index (κ2) is 6.21. The molecule has 0 spiro atoms. The molecule has 122 valence electrons. The van der Waals surface area contributed by atoms with E-state index >= 15 is 0 Å². The number of imide groups is 1. The van der Waals surface area contributed by atoms with Gasteiger partial charge in [-0.25, -0.2) is 0 Å². The number of nitrogens with zero attached hydrogens (tertiary/aromatic N) is 2. The summed E-state index contributed by atoms with van der Waals surface area (Å²) in [6.07, 6.45) is 1.24. The number of benzene rings is 2. The average molecular weight is 320 g/mol. The molecule has 4 rings (SSSR count). The van der Waals surface area contributed by atoms with Crippen LogP contribution in [0.2, 0.25) is 0 Å². The van der Waals surface area contributed by atoms with Crippen LogP contribution in [-0.4, -0.2) is 34.2 Å². The summed E-state index contributed by atoms with van der Waals surface area (Å²) < 4.78 is 0. The lowest BCUT2D eigenvalue weighted by Gasteiger charge is -2.32. The van der Waals surface area contributed by atoms with E-state index in [2.05, 4.69) is 23.1 Å². The number of carbonyl (C=O) groups is 2. The van der Waals surface area contributed by atoms with Crippen molar-refractivity contribution in [1.82, 2.24) is 9.80 Å². The number of carbonyl (C=O) groups excluding carboxylic acids is 2. The SMILES string of the molecule is O=C1C[C@H](N2CCc3ccccc3C2)C(=O)N1Cc1ccccc1. The zero-order chi connectivity index (χ0) is 16.5. The molecular weight excluding hydrogens is 300 g/mol. The van der Waals surface area contributed by atoms with Crippen LogP contribution in [0.15, 0.2) is 54.6 Å². The molecule has 2 amide bonds. The van der Waals surface area contributed by atoms with Crippen LogP contribution in [0.1, 0.15) is 23.1 Å². The maximum absolute atomic E-state index is 12.8. The van der Waals surface area contributed by atoms with E-state index in [4.69, 9.17) is 0 Å². The Morgan fingerprint density at radius 1 is 0.917 bits per heavy atom. The molecule has 2 heterocycles. The highest BCUT2D eigenvalue weighted by Gasteiger charge is 2.42. The van der Waals surface area contributed by atoms with E-state index in [1.165, 1.54) is 16.0 Å². The molecule has 0 N–H and O–H groups in total. The van der Waals surface area contributed by atoms with E-state index in [0.717, 1.165) is 25.1 Å². The van der Waals surface area contributed by atoms with E-state index in [1.54, 1.807) is 0 Å². The molecule has 4 heteroatoms. The van der Waals surface area contributed by atoms with Crippen LogP contribution in [0.25, 0.3) is 0 Å². The van der Waals surface area contributed by atoms with Crippen molar-refractivity contribution >= 4 is 11.8 Å². The zero-order valence-electron chi connectivity index (χ0n) is 13.5. The smallest absolute Gasteiger partial charge is 0.247 e. The second-order valence-electron chi connectivity index (χ2n) is 6.51. The molecule has 1 atom stereocenters. The van der Waals surface area contributed by atoms with Gasteiger partial charge in [0.05, 0.1) is 19.0 Å². The number of hydrogen-bond acceptors (Lipinski definition) is 3. The topological polar surface area (TPSA) is 40.6 Å². The molecule has 0 aromatic heterocycles. The molecule has 0 saturated carbocycles. The summed E-state index contributed by atoms with van der Waals surface area (Å²) in [5.41, 5.74) is 3.61. The van der Waals surface area contributed by atoms with Gasteiger partial charge in [0.1, 0.15) is 0 Å². The fourth-order valence-corrected chi connectivity index (χ4v) is 3.67. The second-order valence-corrected chi connectivity index (χ2v) is 6.51. The van der Waals surface area contributed by atoms with Crippen molar-refractivity contribution in [2.45, 2.75) is 32.0 Å². The van der Waals surface area contributed by atoms with E-state index in [1.807, 2.05) is 36.4 Å². The number of amides is 2. The predicted octanol–water partition coefficient (Wildman–Crippen LogP) is 2.37. The van der Waals surface area contributed by atoms with Gasteiger partial charge in [0.25, 0.3) is 0 Å². The lowest BCUT2D eigenvalue weighted by molar-refractivity contribution is -0.140. The molecule has 2 aromatic rings. The van der Waals surface area contributed by atoms with Gasteiger partial charge in [0.2, 0.25) is 11.8 Å². The van der Waals surface area contributed by atoms with Crippen molar-refractivity contribution in [1.29, 1.82) is 0 Å². The van der Waals surface area contributed by atoms with E-state index in [0.29, 0.717) is 13.0 Å². The molecule has 24 heavy (non-hydrogen) atoms. The Hall–Kier alpha value is -2.46. The molecule has 1 saturated heterocycles. The monoisotopic (exact) mass is 320 g/mol. The lowest BCUT2D eigenvalue weighted by Crippen LogP contribution is -2.44. The Bertz CT molecular complexity index is 772. The predicted molar refractivity (Wildman–Crippen MR) is 91.0 cm³/mol. The number of rotatable bonds is 3. The summed E-state index contributed by atoms with van der Waals surface area (Å²) in [6, 6.07) is 17.7. The van der Waals surface area contributed by atoms with Gasteiger partial charge in [0, 0.05) is 13.1 Å². The van der Waals surface area contributed by atoms with Gasteiger partial charge in [-0.3, -0.25) is 19.4 Å². The molecule has 2 aliphatic heterocycles. The van der Waals surface area contributed by atoms with Crippen molar-refractivity contribution in [2.24, 2.45) is 0 Å². The van der Waals surface area contributed by atoms with Crippen molar-refractivity contribution in [2.75, 3.05) is 6.54 Å². The van der Waals surface area contributed by atoms with Gasteiger partial charge in [-0.05, 0) is 23.1 Å². The van der Waals surface area contributed by atoms with Gasteiger partial charge in [-0.1, -0.05) is 54.6 Å². The van der Waals surface area contributed by atoms with Crippen LogP contribution < -0.4 is 0 Å². The molecule has 2 aromatic carbocycles. The van der Waals surface area contributed by atoms with Gasteiger partial charge in [-0.15, -0.1) is 0 Å². The minimum absolute atomic E-state index is 0.0526. The Morgan fingerprint density at radius 2 is 1.62 bits per heavy atom. The Labute approximate surface area is 141 Å². The third kappa shape index (κ3) is 2.74. The van der Waals surface area contributed by atoms with E-state index < -0.39 is 0 Å². The molecule has 2 aliphatic rings. The van der Waals surface area contributed by atoms with Crippen LogP contribution >= 0.6 is 0 Å². The first-order valence-electron chi connectivity index (χ1n) is 8.41. The number of likely N-dealkylation sites (tertiary alicyclic amines) is 1. The summed E-state index contributed by atoms with van der Waals surface area (Å²) in [6.45, 7) is 1.96. The molecule has 0 unspecified atom stereocenters. The van der Waals surface area contributed by atoms with Crippen LogP contribution in [0.4, 0.5) is 0 Å².